The Kier molecular flexibility index (Phi) is 12.3. The van der Waals surface area contributed by atoms with Crippen LogP contribution < -0.4 is 4.90 Å². The van der Waals surface area contributed by atoms with Crippen LogP contribution in [-0.4, -0.2) is 45.7 Å². The van der Waals surface area contributed by atoms with Gasteiger partial charge in [-0.2, -0.15) is 0 Å². The van der Waals surface area contributed by atoms with Crippen LogP contribution in [-0.2, 0) is 6.42 Å². The lowest BCUT2D eigenvalue weighted by atomic mass is 9.76. The van der Waals surface area contributed by atoms with Gasteiger partial charge in [0.05, 0.1) is 12.2 Å². The van der Waals surface area contributed by atoms with E-state index < -0.39 is 0 Å². The fourth-order valence-corrected chi connectivity index (χ4v) is 9.13. The molecule has 1 aromatic heterocycles. The monoisotopic (exact) mass is 611 g/mol. The lowest BCUT2D eigenvalue weighted by molar-refractivity contribution is 0.241. The zero-order valence-electron chi connectivity index (χ0n) is 27.8. The minimum atomic E-state index is 0.178. The van der Waals surface area contributed by atoms with Gasteiger partial charge >= 0.3 is 0 Å². The maximum atomic E-state index is 5.20. The molecule has 0 amide bonds. The average Bonchev–Trinajstić information content (AvgIpc) is 3.56. The Hall–Kier alpha value is -1.47. The highest BCUT2D eigenvalue weighted by Crippen LogP contribution is 2.46. The second kappa shape index (κ2) is 15.5. The number of hydrogen-bond acceptors (Lipinski definition) is 6. The van der Waals surface area contributed by atoms with Crippen molar-refractivity contribution in [3.05, 3.63) is 34.0 Å². The van der Waals surface area contributed by atoms with E-state index >= 15 is 0 Å². The molecule has 3 heterocycles. The molecule has 3 aliphatic rings. The Morgan fingerprint density at radius 1 is 1.14 bits per heavy atom. The largest absolute Gasteiger partial charge is 0.323 e. The fraction of sp³-hybridized carbons (Fsp3) is 0.743. The molecular weight excluding hydrogens is 555 g/mol. The predicted octanol–water partition coefficient (Wildman–Crippen LogP) is 10.2. The number of aromatic nitrogens is 2. The van der Waals surface area contributed by atoms with E-state index in [1.165, 1.54) is 59.9 Å². The van der Waals surface area contributed by atoms with Crippen LogP contribution in [0.5, 0.6) is 0 Å². The van der Waals surface area contributed by atoms with E-state index in [0.29, 0.717) is 18.0 Å². The van der Waals surface area contributed by atoms with Crippen LogP contribution in [0.2, 0.25) is 0 Å². The van der Waals surface area contributed by atoms with E-state index in [2.05, 4.69) is 82.8 Å². The molecule has 0 N–H and O–H groups in total. The van der Waals surface area contributed by atoms with Crippen molar-refractivity contribution < 1.29 is 0 Å². The third-order valence-corrected chi connectivity index (χ3v) is 11.8. The van der Waals surface area contributed by atoms with Crippen molar-refractivity contribution in [2.75, 3.05) is 18.2 Å². The van der Waals surface area contributed by atoms with Gasteiger partial charge < -0.3 is 9.47 Å². The van der Waals surface area contributed by atoms with Gasteiger partial charge in [-0.1, -0.05) is 76.4 Å². The zero-order valence-corrected chi connectivity index (χ0v) is 29.4. The highest BCUT2D eigenvalue weighted by molar-refractivity contribution is 8.40. The summed E-state index contributed by atoms with van der Waals surface area (Å²) in [7, 11) is 2.18. The van der Waals surface area contributed by atoms with Gasteiger partial charge in [0, 0.05) is 42.7 Å². The summed E-state index contributed by atoms with van der Waals surface area (Å²) in [5.41, 5.74) is 4.83. The third kappa shape index (κ3) is 8.16. The lowest BCUT2D eigenvalue weighted by Crippen LogP contribution is -2.35. The van der Waals surface area contributed by atoms with Gasteiger partial charge in [0.15, 0.2) is 0 Å². The van der Waals surface area contributed by atoms with Crippen molar-refractivity contribution in [1.29, 1.82) is 0 Å². The normalized spacial score (nSPS) is 27.8. The van der Waals surface area contributed by atoms with Crippen molar-refractivity contribution in [3.63, 3.8) is 0 Å². The number of anilines is 1. The van der Waals surface area contributed by atoms with Gasteiger partial charge in [-0.05, 0) is 82.3 Å². The molecule has 7 heteroatoms. The molecule has 234 valence electrons. The molecule has 0 radical (unpaired) electrons. The molecule has 2 aliphatic heterocycles. The van der Waals surface area contributed by atoms with Crippen LogP contribution in [0.4, 0.5) is 5.95 Å². The molecule has 1 aromatic rings. The maximum absolute atomic E-state index is 5.20. The van der Waals surface area contributed by atoms with Crippen molar-refractivity contribution in [3.8, 4) is 0 Å². The summed E-state index contributed by atoms with van der Waals surface area (Å²) in [6.45, 7) is 14.3. The van der Waals surface area contributed by atoms with Crippen LogP contribution in [0.3, 0.4) is 0 Å². The van der Waals surface area contributed by atoms with Gasteiger partial charge in [0.1, 0.15) is 10.5 Å². The molecule has 0 spiro atoms. The SMILES string of the molecule is CCCC1N=CCC(CC)n2c(CC3=C(C)CCCC(C)CC(C)(C)C4N=C(SC)SC4=CCCCC3)cnc2N1C. The summed E-state index contributed by atoms with van der Waals surface area (Å²) in [4.78, 5) is 19.0. The van der Waals surface area contributed by atoms with E-state index in [1.54, 1.807) is 11.1 Å². The van der Waals surface area contributed by atoms with E-state index in [1.807, 2.05) is 23.5 Å². The Labute approximate surface area is 265 Å². The zero-order chi connectivity index (χ0) is 30.3. The van der Waals surface area contributed by atoms with Crippen LogP contribution in [0.1, 0.15) is 130 Å². The quantitative estimate of drug-likeness (QED) is 0.311. The summed E-state index contributed by atoms with van der Waals surface area (Å²) in [5, 5.41) is 0. The van der Waals surface area contributed by atoms with Crippen LogP contribution in [0.25, 0.3) is 0 Å². The van der Waals surface area contributed by atoms with E-state index in [0.717, 1.165) is 44.5 Å². The van der Waals surface area contributed by atoms with Crippen molar-refractivity contribution in [2.45, 2.75) is 143 Å². The van der Waals surface area contributed by atoms with Gasteiger partial charge in [0.2, 0.25) is 5.95 Å². The number of hydrogen-bond donors (Lipinski definition) is 0. The maximum Gasteiger partial charge on any atom is 0.207 e. The number of imidazole rings is 1. The number of aliphatic imine (C=N–C) groups is 2. The molecule has 42 heavy (non-hydrogen) atoms. The molecule has 4 unspecified atom stereocenters. The number of rotatable bonds is 5. The molecule has 5 nitrogen and oxygen atoms in total. The first-order chi connectivity index (χ1) is 20.2. The summed E-state index contributed by atoms with van der Waals surface area (Å²) < 4.78 is 3.81. The standard InChI is InChI=1S/C35H57N5S2/c1-9-15-31-36-21-20-28(10-2)40-29(24-37-33(40)39(31)7)22-27-18-12-11-13-19-30-32(38-34(41-8)42-30)35(5,6)23-25(3)16-14-17-26(27)4/h19,21,24-25,28,31-32H,9-18,20,22-23H2,1-8H3. The molecular formula is C35H57N5S2. The number of fused-ring (bicyclic) bond motifs is 2. The molecule has 0 saturated carbocycles. The molecule has 0 fully saturated rings. The first kappa shape index (κ1) is 33.4. The number of nitrogens with zero attached hydrogens (tertiary/aromatic N) is 5. The number of allylic oxidation sites excluding steroid dienone is 3. The van der Waals surface area contributed by atoms with E-state index in [4.69, 9.17) is 15.0 Å². The highest BCUT2D eigenvalue weighted by Gasteiger charge is 2.37. The second-order valence-electron chi connectivity index (χ2n) is 13.6. The van der Waals surface area contributed by atoms with Crippen molar-refractivity contribution in [2.24, 2.45) is 21.3 Å². The Bertz CT molecular complexity index is 1160. The van der Waals surface area contributed by atoms with Crippen molar-refractivity contribution >= 4 is 40.1 Å². The number of thioether (sulfide) groups is 2. The van der Waals surface area contributed by atoms with Crippen LogP contribution in [0, 0.1) is 11.3 Å². The van der Waals surface area contributed by atoms with Crippen molar-refractivity contribution in [1.82, 2.24) is 9.55 Å². The third-order valence-electron chi connectivity index (χ3n) is 9.68. The minimum absolute atomic E-state index is 0.178. The van der Waals surface area contributed by atoms with Crippen LogP contribution in [0.15, 0.2) is 38.3 Å². The summed E-state index contributed by atoms with van der Waals surface area (Å²) in [6, 6.07) is 0.733. The van der Waals surface area contributed by atoms with Gasteiger partial charge in [-0.15, -0.1) is 11.8 Å². The average molecular weight is 612 g/mol. The van der Waals surface area contributed by atoms with E-state index in [9.17, 15) is 0 Å². The molecule has 1 aliphatic carbocycles. The van der Waals surface area contributed by atoms with Crippen LogP contribution >= 0.6 is 23.5 Å². The smallest absolute Gasteiger partial charge is 0.207 e. The summed E-state index contributed by atoms with van der Waals surface area (Å²) >= 11 is 3.74. The van der Waals surface area contributed by atoms with Gasteiger partial charge in [0.25, 0.3) is 0 Å². The Morgan fingerprint density at radius 2 is 1.95 bits per heavy atom. The van der Waals surface area contributed by atoms with E-state index in [-0.39, 0.29) is 11.6 Å². The van der Waals surface area contributed by atoms with Gasteiger partial charge in [-0.3, -0.25) is 9.98 Å². The van der Waals surface area contributed by atoms with Gasteiger partial charge in [-0.25, -0.2) is 4.98 Å². The molecule has 0 saturated heterocycles. The minimum Gasteiger partial charge on any atom is -0.323 e. The molecule has 4 rings (SSSR count). The topological polar surface area (TPSA) is 45.8 Å². The first-order valence-corrected chi connectivity index (χ1v) is 18.7. The second-order valence-corrected chi connectivity index (χ2v) is 15.8. The molecule has 0 aromatic carbocycles. The fourth-order valence-electron chi connectivity index (χ4n) is 7.26. The Morgan fingerprint density at radius 3 is 2.69 bits per heavy atom. The molecule has 4 atom stereocenters. The Balaban J connectivity index is 1.57. The first-order valence-electron chi connectivity index (χ1n) is 16.7. The molecule has 0 bridgehead atoms. The predicted molar refractivity (Wildman–Crippen MR) is 188 cm³/mol. The summed E-state index contributed by atoms with van der Waals surface area (Å²) in [5.74, 6) is 1.80. The summed E-state index contributed by atoms with van der Waals surface area (Å²) in [6.07, 6.45) is 24.3. The lowest BCUT2D eigenvalue weighted by Gasteiger charge is -2.33. The highest BCUT2D eigenvalue weighted by atomic mass is 32.2.